The molecule has 1 rings (SSSR count). The Balaban J connectivity index is 3.08. The van der Waals surface area contributed by atoms with Gasteiger partial charge in [0.05, 0.1) is 17.7 Å². The number of nitrogens with one attached hydrogen (secondary N) is 1. The van der Waals surface area contributed by atoms with Crippen LogP contribution in [0, 0.1) is 11.3 Å². The van der Waals surface area contributed by atoms with Crippen molar-refractivity contribution in [1.29, 1.82) is 5.26 Å². The molecule has 0 aliphatic heterocycles. The first-order chi connectivity index (χ1) is 8.13. The average molecular weight is 297 g/mol. The molecular weight excluding hydrogens is 284 g/mol. The van der Waals surface area contributed by atoms with Gasteiger partial charge in [0.2, 0.25) is 0 Å². The maximum atomic E-state index is 9.66. The minimum Gasteiger partial charge on any atom is -0.503 e. The van der Waals surface area contributed by atoms with Gasteiger partial charge in [-0.05, 0) is 33.6 Å². The van der Waals surface area contributed by atoms with Crippen molar-refractivity contribution in [3.8, 4) is 17.6 Å². The highest BCUT2D eigenvalue weighted by molar-refractivity contribution is 9.10. The number of nitriles is 1. The summed E-state index contributed by atoms with van der Waals surface area (Å²) in [6, 6.07) is 4.97. The number of methoxy groups -OCH3 is 1. The van der Waals surface area contributed by atoms with Crippen molar-refractivity contribution in [1.82, 2.24) is 5.32 Å². The van der Waals surface area contributed by atoms with Crippen LogP contribution < -0.4 is 10.1 Å². The zero-order valence-electron chi connectivity index (χ0n) is 9.40. The van der Waals surface area contributed by atoms with Crippen LogP contribution in [0.5, 0.6) is 11.5 Å². The maximum absolute atomic E-state index is 9.66. The van der Waals surface area contributed by atoms with E-state index in [1.165, 1.54) is 7.11 Å². The topological polar surface area (TPSA) is 65.3 Å². The molecule has 0 aromatic heterocycles. The molecule has 0 saturated carbocycles. The SMILES string of the molecule is C=CCNC(C#N)c1cc(Br)c(O)c(OC)c1. The lowest BCUT2D eigenvalue weighted by Crippen LogP contribution is -2.19. The summed E-state index contributed by atoms with van der Waals surface area (Å²) in [4.78, 5) is 0. The Morgan fingerprint density at radius 3 is 2.94 bits per heavy atom. The van der Waals surface area contributed by atoms with Crippen LogP contribution in [0.15, 0.2) is 29.3 Å². The molecule has 0 spiro atoms. The lowest BCUT2D eigenvalue weighted by molar-refractivity contribution is 0.371. The molecule has 5 heteroatoms. The largest absolute Gasteiger partial charge is 0.503 e. The van der Waals surface area contributed by atoms with Gasteiger partial charge in [-0.25, -0.2) is 0 Å². The molecule has 0 saturated heterocycles. The quantitative estimate of drug-likeness (QED) is 0.820. The molecule has 0 aliphatic rings. The van der Waals surface area contributed by atoms with Crippen molar-refractivity contribution in [2.75, 3.05) is 13.7 Å². The molecule has 1 aromatic rings. The van der Waals surface area contributed by atoms with Gasteiger partial charge >= 0.3 is 0 Å². The summed E-state index contributed by atoms with van der Waals surface area (Å²) < 4.78 is 5.52. The van der Waals surface area contributed by atoms with Gasteiger partial charge in [0.1, 0.15) is 6.04 Å². The molecule has 0 radical (unpaired) electrons. The van der Waals surface area contributed by atoms with Crippen LogP contribution in [-0.2, 0) is 0 Å². The van der Waals surface area contributed by atoms with Crippen molar-refractivity contribution in [3.63, 3.8) is 0 Å². The third-order valence-electron chi connectivity index (χ3n) is 2.20. The number of hydrogen-bond donors (Lipinski definition) is 2. The van der Waals surface area contributed by atoms with E-state index in [0.717, 1.165) is 5.56 Å². The molecule has 1 atom stereocenters. The predicted molar refractivity (Wildman–Crippen MR) is 68.9 cm³/mol. The molecule has 0 bridgehead atoms. The Morgan fingerprint density at radius 2 is 2.41 bits per heavy atom. The summed E-state index contributed by atoms with van der Waals surface area (Å²) >= 11 is 3.22. The van der Waals surface area contributed by atoms with E-state index in [4.69, 9.17) is 10.00 Å². The van der Waals surface area contributed by atoms with E-state index >= 15 is 0 Å². The second-order valence-electron chi connectivity index (χ2n) is 3.31. The van der Waals surface area contributed by atoms with Crippen LogP contribution in [-0.4, -0.2) is 18.8 Å². The molecule has 2 N–H and O–H groups in total. The molecule has 1 aromatic carbocycles. The fourth-order valence-corrected chi connectivity index (χ4v) is 1.81. The Morgan fingerprint density at radius 1 is 1.71 bits per heavy atom. The number of phenols is 1. The van der Waals surface area contributed by atoms with E-state index < -0.39 is 6.04 Å². The first kappa shape index (κ1) is 13.6. The smallest absolute Gasteiger partial charge is 0.172 e. The highest BCUT2D eigenvalue weighted by atomic mass is 79.9. The molecule has 90 valence electrons. The van der Waals surface area contributed by atoms with Gasteiger partial charge < -0.3 is 9.84 Å². The fraction of sp³-hybridized carbons (Fsp3) is 0.250. The second kappa shape index (κ2) is 6.28. The number of rotatable bonds is 5. The first-order valence-electron chi connectivity index (χ1n) is 4.94. The molecule has 0 aliphatic carbocycles. The van der Waals surface area contributed by atoms with Crippen molar-refractivity contribution < 1.29 is 9.84 Å². The molecule has 1 unspecified atom stereocenters. The number of benzene rings is 1. The lowest BCUT2D eigenvalue weighted by Gasteiger charge is -2.13. The van der Waals surface area contributed by atoms with Crippen molar-refractivity contribution in [2.45, 2.75) is 6.04 Å². The van der Waals surface area contributed by atoms with Crippen LogP contribution >= 0.6 is 15.9 Å². The zero-order valence-corrected chi connectivity index (χ0v) is 11.0. The highest BCUT2D eigenvalue weighted by Gasteiger charge is 2.15. The van der Waals surface area contributed by atoms with Gasteiger partial charge in [-0.1, -0.05) is 6.08 Å². The highest BCUT2D eigenvalue weighted by Crippen LogP contribution is 2.36. The minimum atomic E-state index is -0.473. The number of phenolic OH excluding ortho intramolecular Hbond substituents is 1. The standard InChI is InChI=1S/C12H13BrN2O2/c1-3-4-15-10(7-14)8-5-9(13)12(16)11(6-8)17-2/h3,5-6,10,15-16H,1,4H2,2H3. The van der Waals surface area contributed by atoms with Crippen LogP contribution in [0.4, 0.5) is 0 Å². The van der Waals surface area contributed by atoms with Crippen LogP contribution in [0.2, 0.25) is 0 Å². The Labute approximate surface area is 109 Å². The average Bonchev–Trinajstić information content (AvgIpc) is 2.34. The van der Waals surface area contributed by atoms with Gasteiger partial charge in [-0.2, -0.15) is 5.26 Å². The number of ether oxygens (including phenoxy) is 1. The number of hydrogen-bond acceptors (Lipinski definition) is 4. The van der Waals surface area contributed by atoms with Crippen LogP contribution in [0.1, 0.15) is 11.6 Å². The molecule has 17 heavy (non-hydrogen) atoms. The summed E-state index contributed by atoms with van der Waals surface area (Å²) in [6.45, 7) is 4.11. The minimum absolute atomic E-state index is 0.0247. The summed E-state index contributed by atoms with van der Waals surface area (Å²) in [6.07, 6.45) is 1.68. The number of aromatic hydroxyl groups is 1. The third-order valence-corrected chi connectivity index (χ3v) is 2.80. The second-order valence-corrected chi connectivity index (χ2v) is 4.17. The fourth-order valence-electron chi connectivity index (χ4n) is 1.36. The summed E-state index contributed by atoms with van der Waals surface area (Å²) in [5.74, 6) is 0.353. The summed E-state index contributed by atoms with van der Waals surface area (Å²) in [7, 11) is 1.46. The van der Waals surface area contributed by atoms with Crippen LogP contribution in [0.25, 0.3) is 0 Å². The van der Waals surface area contributed by atoms with Gasteiger partial charge in [0, 0.05) is 6.54 Å². The van der Waals surface area contributed by atoms with E-state index in [1.807, 2.05) is 0 Å². The van der Waals surface area contributed by atoms with E-state index in [1.54, 1.807) is 18.2 Å². The maximum Gasteiger partial charge on any atom is 0.172 e. The predicted octanol–water partition coefficient (Wildman–Crippen LogP) is 2.50. The molecule has 0 heterocycles. The third kappa shape index (κ3) is 3.22. The Bertz CT molecular complexity index is 455. The number of halogens is 1. The van der Waals surface area contributed by atoms with Gasteiger partial charge in [0.15, 0.2) is 11.5 Å². The Hall–Kier alpha value is -1.51. The van der Waals surface area contributed by atoms with Crippen LogP contribution in [0.3, 0.4) is 0 Å². The normalized spacial score (nSPS) is 11.6. The lowest BCUT2D eigenvalue weighted by atomic mass is 10.1. The van der Waals surface area contributed by atoms with Gasteiger partial charge in [-0.3, -0.25) is 5.32 Å². The summed E-state index contributed by atoms with van der Waals surface area (Å²) in [5.41, 5.74) is 0.718. The van der Waals surface area contributed by atoms with E-state index in [2.05, 4.69) is 33.9 Å². The first-order valence-corrected chi connectivity index (χ1v) is 5.73. The van der Waals surface area contributed by atoms with Crippen molar-refractivity contribution in [3.05, 3.63) is 34.8 Å². The Kier molecular flexibility index (Phi) is 5.01. The molecule has 4 nitrogen and oxygen atoms in total. The molecule has 0 fully saturated rings. The number of nitrogens with zero attached hydrogens (tertiary/aromatic N) is 1. The van der Waals surface area contributed by atoms with E-state index in [-0.39, 0.29) is 5.75 Å². The van der Waals surface area contributed by atoms with Crippen molar-refractivity contribution >= 4 is 15.9 Å². The molecular formula is C12H13BrN2O2. The van der Waals surface area contributed by atoms with Gasteiger partial charge in [0.25, 0.3) is 0 Å². The molecule has 0 amide bonds. The van der Waals surface area contributed by atoms with Crippen molar-refractivity contribution in [2.24, 2.45) is 0 Å². The monoisotopic (exact) mass is 296 g/mol. The summed E-state index contributed by atoms with van der Waals surface area (Å²) in [5, 5.41) is 21.7. The zero-order chi connectivity index (χ0) is 12.8. The van der Waals surface area contributed by atoms with E-state index in [0.29, 0.717) is 16.8 Å². The van der Waals surface area contributed by atoms with E-state index in [9.17, 15) is 5.11 Å². The van der Waals surface area contributed by atoms with Gasteiger partial charge in [-0.15, -0.1) is 6.58 Å².